The number of carboxylic acid groups (broad SMARTS) is 2. The molecule has 17 heavy (non-hydrogen) atoms. The molecule has 84 valence electrons. The summed E-state index contributed by atoms with van der Waals surface area (Å²) in [6.07, 6.45) is 0.441. The van der Waals surface area contributed by atoms with E-state index in [4.69, 9.17) is 0 Å². The third-order valence-corrected chi connectivity index (χ3v) is 1.48. The van der Waals surface area contributed by atoms with Gasteiger partial charge in [0.1, 0.15) is 0 Å². The van der Waals surface area contributed by atoms with E-state index in [9.17, 15) is 24.6 Å². The Morgan fingerprint density at radius 2 is 1.65 bits per heavy atom. The van der Waals surface area contributed by atoms with Crippen molar-refractivity contribution < 1.29 is 127 Å². The average Bonchev–Trinajstić information content (AvgIpc) is 1.99. The molecule has 0 aliphatic heterocycles. The fraction of sp³-hybridized carbons (Fsp3) is 0.444. The van der Waals surface area contributed by atoms with Crippen LogP contribution in [0, 0.1) is 0 Å². The number of carbonyl (C=O) groups is 3. The summed E-state index contributed by atoms with van der Waals surface area (Å²) in [6.45, 7) is 2.74. The smallest absolute Gasteiger partial charge is 0.550 e. The molecule has 0 amide bonds. The molecule has 0 spiro atoms. The van der Waals surface area contributed by atoms with Crippen LogP contribution in [0.5, 0.6) is 0 Å². The molecular weight excluding hydrogens is 280 g/mol. The maximum atomic E-state index is 10.6. The number of rotatable bonds is 6. The standard InChI is InChI=1S/C9H13NO5.2K/c1-5(3-6(2)11)10-7(9(14)15)4-8(12)13;;/h3,7,10H,4H2,1-2H3,(H,12,13)(H,14,15);;/q;2*+1/p-2/t7-;;/m0../s1. The van der Waals surface area contributed by atoms with Crippen LogP contribution in [-0.2, 0) is 14.4 Å². The quantitative estimate of drug-likeness (QED) is 0.384. The van der Waals surface area contributed by atoms with Gasteiger partial charge in [-0.3, -0.25) is 4.79 Å². The first-order valence-corrected chi connectivity index (χ1v) is 4.19. The van der Waals surface area contributed by atoms with E-state index in [-0.39, 0.29) is 114 Å². The van der Waals surface area contributed by atoms with Gasteiger partial charge in [0.2, 0.25) is 0 Å². The Morgan fingerprint density at radius 1 is 1.18 bits per heavy atom. The zero-order valence-electron chi connectivity index (χ0n) is 10.4. The normalized spacial score (nSPS) is 11.5. The summed E-state index contributed by atoms with van der Waals surface area (Å²) in [5.74, 6) is -3.34. The van der Waals surface area contributed by atoms with Crippen LogP contribution < -0.4 is 118 Å². The Hall–Kier alpha value is 1.42. The van der Waals surface area contributed by atoms with Crippen LogP contribution in [0.4, 0.5) is 0 Å². The SMILES string of the molecule is CC(=O)C=C(C)N[C@@H](CC(=O)[O-])C(=O)[O-].[K+].[K+]. The molecule has 0 saturated carbocycles. The zero-order valence-corrected chi connectivity index (χ0v) is 16.6. The molecule has 0 heterocycles. The van der Waals surface area contributed by atoms with E-state index in [1.54, 1.807) is 0 Å². The van der Waals surface area contributed by atoms with E-state index in [0.717, 1.165) is 6.08 Å². The predicted octanol–water partition coefficient (Wildman–Crippen LogP) is -8.66. The molecule has 0 saturated heterocycles. The topological polar surface area (TPSA) is 109 Å². The number of carboxylic acids is 2. The van der Waals surface area contributed by atoms with Gasteiger partial charge in [-0.1, -0.05) is 0 Å². The van der Waals surface area contributed by atoms with Crippen LogP contribution in [0.1, 0.15) is 20.3 Å². The molecule has 0 aromatic rings. The second-order valence-corrected chi connectivity index (χ2v) is 3.03. The van der Waals surface area contributed by atoms with E-state index in [1.807, 2.05) is 0 Å². The van der Waals surface area contributed by atoms with Crippen LogP contribution in [0.2, 0.25) is 0 Å². The Morgan fingerprint density at radius 3 is 1.94 bits per heavy atom. The molecule has 0 aliphatic rings. The summed E-state index contributed by atoms with van der Waals surface area (Å²) in [7, 11) is 0. The first kappa shape index (κ1) is 23.5. The monoisotopic (exact) mass is 291 g/mol. The first-order valence-electron chi connectivity index (χ1n) is 4.19. The molecule has 0 rings (SSSR count). The summed E-state index contributed by atoms with van der Waals surface area (Å²) in [6, 6.07) is -1.40. The van der Waals surface area contributed by atoms with E-state index >= 15 is 0 Å². The van der Waals surface area contributed by atoms with Crippen molar-refractivity contribution in [1.29, 1.82) is 0 Å². The fourth-order valence-corrected chi connectivity index (χ4v) is 0.981. The second kappa shape index (κ2) is 12.5. The number of allylic oxidation sites excluding steroid dienone is 2. The molecule has 1 atom stereocenters. The largest absolute Gasteiger partial charge is 1.00 e. The summed E-state index contributed by atoms with van der Waals surface area (Å²) in [4.78, 5) is 31.3. The van der Waals surface area contributed by atoms with Gasteiger partial charge in [0.15, 0.2) is 5.78 Å². The van der Waals surface area contributed by atoms with Crippen molar-refractivity contribution >= 4 is 17.7 Å². The van der Waals surface area contributed by atoms with Crippen LogP contribution in [0.3, 0.4) is 0 Å². The summed E-state index contributed by atoms with van der Waals surface area (Å²) in [5.41, 5.74) is 0.262. The van der Waals surface area contributed by atoms with Gasteiger partial charge in [-0.2, -0.15) is 0 Å². The Labute approximate surface area is 184 Å². The number of aliphatic carboxylic acids is 2. The molecule has 0 aromatic heterocycles. The zero-order chi connectivity index (χ0) is 12.0. The van der Waals surface area contributed by atoms with Gasteiger partial charge >= 0.3 is 103 Å². The third kappa shape index (κ3) is 13.7. The molecule has 0 aromatic carbocycles. The average molecular weight is 291 g/mol. The molecular formula is C9H11K2NO5. The number of hydrogen-bond donors (Lipinski definition) is 1. The Kier molecular flexibility index (Phi) is 17.2. The minimum Gasteiger partial charge on any atom is -0.550 e. The van der Waals surface area contributed by atoms with Gasteiger partial charge in [-0.15, -0.1) is 0 Å². The van der Waals surface area contributed by atoms with Crippen LogP contribution in [0.15, 0.2) is 11.8 Å². The third-order valence-electron chi connectivity index (χ3n) is 1.48. The fourth-order valence-electron chi connectivity index (χ4n) is 0.981. The molecule has 0 aliphatic carbocycles. The molecule has 0 unspecified atom stereocenters. The number of carbonyl (C=O) groups excluding carboxylic acids is 3. The summed E-state index contributed by atoms with van der Waals surface area (Å²) >= 11 is 0. The van der Waals surface area contributed by atoms with Gasteiger partial charge in [0.05, 0.1) is 12.0 Å². The van der Waals surface area contributed by atoms with Crippen molar-refractivity contribution in [3.8, 4) is 0 Å². The molecule has 0 radical (unpaired) electrons. The van der Waals surface area contributed by atoms with Crippen LogP contribution in [0.25, 0.3) is 0 Å². The van der Waals surface area contributed by atoms with Crippen molar-refractivity contribution in [2.75, 3.05) is 0 Å². The van der Waals surface area contributed by atoms with Gasteiger partial charge in [-0.05, 0) is 19.9 Å². The van der Waals surface area contributed by atoms with Gasteiger partial charge in [0.25, 0.3) is 0 Å². The molecule has 0 fully saturated rings. The minimum absolute atomic E-state index is 0. The minimum atomic E-state index is -1.56. The van der Waals surface area contributed by atoms with E-state index in [0.29, 0.717) is 0 Å². The van der Waals surface area contributed by atoms with Crippen LogP contribution >= 0.6 is 0 Å². The number of ketones is 1. The Bertz CT molecular complexity index is 317. The van der Waals surface area contributed by atoms with E-state index in [2.05, 4.69) is 5.32 Å². The Balaban J connectivity index is -0.000000980. The number of nitrogens with one attached hydrogen (secondary N) is 1. The maximum absolute atomic E-state index is 10.6. The van der Waals surface area contributed by atoms with Crippen molar-refractivity contribution in [3.05, 3.63) is 11.8 Å². The molecule has 0 bridgehead atoms. The second-order valence-electron chi connectivity index (χ2n) is 3.03. The van der Waals surface area contributed by atoms with Gasteiger partial charge < -0.3 is 25.1 Å². The van der Waals surface area contributed by atoms with Crippen molar-refractivity contribution in [2.24, 2.45) is 0 Å². The van der Waals surface area contributed by atoms with Crippen molar-refractivity contribution in [3.63, 3.8) is 0 Å². The van der Waals surface area contributed by atoms with Gasteiger partial charge in [-0.25, -0.2) is 0 Å². The summed E-state index contributed by atoms with van der Waals surface area (Å²) in [5, 5.41) is 23.0. The molecule has 8 heteroatoms. The molecule has 1 N–H and O–H groups in total. The summed E-state index contributed by atoms with van der Waals surface area (Å²) < 4.78 is 0. The first-order chi connectivity index (χ1) is 6.82. The molecule has 6 nitrogen and oxygen atoms in total. The van der Waals surface area contributed by atoms with E-state index < -0.39 is 24.4 Å². The maximum Gasteiger partial charge on any atom is 1.00 e. The number of hydrogen-bond acceptors (Lipinski definition) is 6. The van der Waals surface area contributed by atoms with E-state index in [1.165, 1.54) is 13.8 Å². The van der Waals surface area contributed by atoms with Crippen molar-refractivity contribution in [2.45, 2.75) is 26.3 Å². The van der Waals surface area contributed by atoms with Gasteiger partial charge in [0, 0.05) is 18.1 Å². The predicted molar refractivity (Wildman–Crippen MR) is 46.0 cm³/mol. The van der Waals surface area contributed by atoms with Crippen molar-refractivity contribution in [1.82, 2.24) is 5.32 Å². The van der Waals surface area contributed by atoms with Crippen LogP contribution in [-0.4, -0.2) is 23.8 Å².